The maximum Gasteiger partial charge on any atom is 0.230 e. The largest absolute Gasteiger partial charge is 0.381 e. The predicted molar refractivity (Wildman–Crippen MR) is 83.1 cm³/mol. The molecule has 0 aliphatic carbocycles. The monoisotopic (exact) mass is 313 g/mol. The van der Waals surface area contributed by atoms with Crippen LogP contribution in [-0.2, 0) is 4.74 Å². The fourth-order valence-electron chi connectivity index (χ4n) is 3.17. The van der Waals surface area contributed by atoms with Crippen LogP contribution in [0.25, 0.3) is 17.0 Å². The molecule has 4 rings (SSSR count). The van der Waals surface area contributed by atoms with Crippen molar-refractivity contribution in [1.82, 2.24) is 24.7 Å². The van der Waals surface area contributed by atoms with Gasteiger partial charge in [-0.3, -0.25) is 0 Å². The second-order valence-electron chi connectivity index (χ2n) is 6.24. The fourth-order valence-corrected chi connectivity index (χ4v) is 3.17. The number of hydrogen-bond acceptors (Lipinski definition) is 6. The van der Waals surface area contributed by atoms with Crippen LogP contribution in [0, 0.1) is 19.8 Å². The first-order chi connectivity index (χ1) is 11.1. The van der Waals surface area contributed by atoms with Gasteiger partial charge in [-0.2, -0.15) is 10.1 Å². The summed E-state index contributed by atoms with van der Waals surface area (Å²) in [6.45, 7) is 7.60. The van der Waals surface area contributed by atoms with Gasteiger partial charge in [0.1, 0.15) is 0 Å². The summed E-state index contributed by atoms with van der Waals surface area (Å²) in [6.07, 6.45) is 2.66. The molecule has 0 amide bonds. The molecule has 3 aromatic rings. The molecule has 1 aliphatic rings. The summed E-state index contributed by atoms with van der Waals surface area (Å²) in [5.41, 5.74) is 3.53. The number of hydrogen-bond donors (Lipinski definition) is 0. The molecule has 7 nitrogen and oxygen atoms in total. The Hall–Kier alpha value is -2.28. The van der Waals surface area contributed by atoms with E-state index in [9.17, 15) is 0 Å². The van der Waals surface area contributed by atoms with Crippen molar-refractivity contribution in [3.8, 4) is 11.4 Å². The molecule has 4 heterocycles. The highest BCUT2D eigenvalue weighted by molar-refractivity contribution is 5.72. The minimum atomic E-state index is 0.253. The van der Waals surface area contributed by atoms with Crippen LogP contribution >= 0.6 is 0 Å². The molecule has 1 aliphatic heterocycles. The molecule has 2 atom stereocenters. The Morgan fingerprint density at radius 1 is 1.26 bits per heavy atom. The van der Waals surface area contributed by atoms with E-state index in [1.165, 1.54) is 0 Å². The van der Waals surface area contributed by atoms with Crippen molar-refractivity contribution in [3.05, 3.63) is 29.5 Å². The van der Waals surface area contributed by atoms with E-state index in [1.807, 2.05) is 19.9 Å². The van der Waals surface area contributed by atoms with Crippen LogP contribution in [0.2, 0.25) is 0 Å². The van der Waals surface area contributed by atoms with E-state index >= 15 is 0 Å². The van der Waals surface area contributed by atoms with E-state index in [0.717, 1.165) is 42.2 Å². The molecule has 0 aromatic carbocycles. The molecular weight excluding hydrogens is 294 g/mol. The molecule has 23 heavy (non-hydrogen) atoms. The van der Waals surface area contributed by atoms with Crippen LogP contribution in [0.5, 0.6) is 0 Å². The Morgan fingerprint density at radius 3 is 2.96 bits per heavy atom. The standard InChI is InChI=1S/C16H19N5O2/c1-9-8-22-5-4-12(9)16-19-14(20-23-16)13-7-17-21-11(3)6-10(2)18-15(13)21/h6-7,9,12H,4-5,8H2,1-3H3/t9-,12-/m1/s1. The van der Waals surface area contributed by atoms with Crippen molar-refractivity contribution in [2.45, 2.75) is 33.1 Å². The highest BCUT2D eigenvalue weighted by atomic mass is 16.5. The summed E-state index contributed by atoms with van der Waals surface area (Å²) in [6, 6.07) is 2.00. The van der Waals surface area contributed by atoms with E-state index in [1.54, 1.807) is 10.7 Å². The van der Waals surface area contributed by atoms with E-state index in [4.69, 9.17) is 9.26 Å². The van der Waals surface area contributed by atoms with E-state index < -0.39 is 0 Å². The summed E-state index contributed by atoms with van der Waals surface area (Å²) in [5.74, 6) is 1.86. The summed E-state index contributed by atoms with van der Waals surface area (Å²) in [5, 5.41) is 8.54. The van der Waals surface area contributed by atoms with Crippen LogP contribution in [0.1, 0.15) is 36.5 Å². The maximum atomic E-state index is 5.53. The first kappa shape index (κ1) is 14.3. The van der Waals surface area contributed by atoms with Gasteiger partial charge >= 0.3 is 0 Å². The third kappa shape index (κ3) is 2.41. The molecule has 7 heteroatoms. The van der Waals surface area contributed by atoms with Crippen LogP contribution in [0.4, 0.5) is 0 Å². The van der Waals surface area contributed by atoms with E-state index in [2.05, 4.69) is 27.1 Å². The molecule has 1 saturated heterocycles. The highest BCUT2D eigenvalue weighted by Gasteiger charge is 2.29. The molecule has 0 unspecified atom stereocenters. The average Bonchev–Trinajstić information content (AvgIpc) is 3.14. The van der Waals surface area contributed by atoms with Crippen molar-refractivity contribution in [2.24, 2.45) is 5.92 Å². The van der Waals surface area contributed by atoms with Crippen LogP contribution in [-0.4, -0.2) is 38.0 Å². The van der Waals surface area contributed by atoms with Crippen LogP contribution in [0.15, 0.2) is 16.8 Å². The van der Waals surface area contributed by atoms with Crippen LogP contribution < -0.4 is 0 Å². The van der Waals surface area contributed by atoms with Gasteiger partial charge in [0.25, 0.3) is 0 Å². The third-order valence-corrected chi connectivity index (χ3v) is 4.42. The third-order valence-electron chi connectivity index (χ3n) is 4.42. The first-order valence-electron chi connectivity index (χ1n) is 7.87. The first-order valence-corrected chi connectivity index (χ1v) is 7.87. The Balaban J connectivity index is 1.74. The highest BCUT2D eigenvalue weighted by Crippen LogP contribution is 2.32. The molecule has 1 fully saturated rings. The minimum Gasteiger partial charge on any atom is -0.381 e. The number of nitrogens with zero attached hydrogens (tertiary/aromatic N) is 5. The van der Waals surface area contributed by atoms with Crippen molar-refractivity contribution in [3.63, 3.8) is 0 Å². The Kier molecular flexibility index (Phi) is 3.37. The van der Waals surface area contributed by atoms with Gasteiger partial charge in [-0.05, 0) is 32.3 Å². The van der Waals surface area contributed by atoms with Crippen molar-refractivity contribution in [1.29, 1.82) is 0 Å². The van der Waals surface area contributed by atoms with Gasteiger partial charge in [-0.15, -0.1) is 0 Å². The number of fused-ring (bicyclic) bond motifs is 1. The van der Waals surface area contributed by atoms with Gasteiger partial charge in [0.05, 0.1) is 11.8 Å². The summed E-state index contributed by atoms with van der Waals surface area (Å²) < 4.78 is 12.8. The molecule has 120 valence electrons. The van der Waals surface area contributed by atoms with Crippen molar-refractivity contribution in [2.75, 3.05) is 13.2 Å². The Morgan fingerprint density at radius 2 is 2.13 bits per heavy atom. The Labute approximate surface area is 133 Å². The van der Waals surface area contributed by atoms with E-state index in [0.29, 0.717) is 17.6 Å². The lowest BCUT2D eigenvalue weighted by molar-refractivity contribution is 0.0392. The summed E-state index contributed by atoms with van der Waals surface area (Å²) in [4.78, 5) is 9.18. The van der Waals surface area contributed by atoms with Gasteiger partial charge < -0.3 is 9.26 Å². The fraction of sp³-hybridized carbons (Fsp3) is 0.500. The molecule has 0 bridgehead atoms. The van der Waals surface area contributed by atoms with Crippen LogP contribution in [0.3, 0.4) is 0 Å². The topological polar surface area (TPSA) is 78.3 Å². The smallest absolute Gasteiger partial charge is 0.230 e. The lowest BCUT2D eigenvalue weighted by Crippen LogP contribution is -2.23. The van der Waals surface area contributed by atoms with Gasteiger partial charge in [-0.25, -0.2) is 9.50 Å². The molecule has 0 radical (unpaired) electrons. The van der Waals surface area contributed by atoms with Crippen molar-refractivity contribution < 1.29 is 9.26 Å². The second-order valence-corrected chi connectivity index (χ2v) is 6.24. The second kappa shape index (κ2) is 5.42. The quantitative estimate of drug-likeness (QED) is 0.723. The van der Waals surface area contributed by atoms with Gasteiger partial charge in [0.15, 0.2) is 5.65 Å². The normalized spacial score (nSPS) is 21.9. The summed E-state index contributed by atoms with van der Waals surface area (Å²) in [7, 11) is 0. The lowest BCUT2D eigenvalue weighted by Gasteiger charge is -2.25. The van der Waals surface area contributed by atoms with E-state index in [-0.39, 0.29) is 5.92 Å². The molecule has 0 N–H and O–H groups in total. The zero-order valence-electron chi connectivity index (χ0n) is 13.5. The number of ether oxygens (including phenoxy) is 1. The maximum absolute atomic E-state index is 5.53. The number of aryl methyl sites for hydroxylation is 2. The number of rotatable bonds is 2. The van der Waals surface area contributed by atoms with Gasteiger partial charge in [0.2, 0.25) is 11.7 Å². The molecular formula is C16H19N5O2. The zero-order chi connectivity index (χ0) is 16.0. The van der Waals surface area contributed by atoms with Crippen molar-refractivity contribution >= 4 is 5.65 Å². The average molecular weight is 313 g/mol. The Bertz CT molecular complexity index is 853. The van der Waals surface area contributed by atoms with Gasteiger partial charge in [-0.1, -0.05) is 12.1 Å². The molecule has 0 saturated carbocycles. The zero-order valence-corrected chi connectivity index (χ0v) is 13.5. The molecule has 0 spiro atoms. The lowest BCUT2D eigenvalue weighted by atomic mass is 9.90. The SMILES string of the molecule is Cc1cc(C)n2ncc(-c3noc([C@@H]4CCOC[C@H]4C)n3)c2n1. The van der Waals surface area contributed by atoms with Gasteiger partial charge in [0, 0.05) is 30.5 Å². The minimum absolute atomic E-state index is 0.253. The number of aromatic nitrogens is 5. The summed E-state index contributed by atoms with van der Waals surface area (Å²) >= 11 is 0. The molecule has 3 aromatic heterocycles. The predicted octanol–water partition coefficient (Wildman–Crippen LogP) is 2.54.